The van der Waals surface area contributed by atoms with Gasteiger partial charge in [0.25, 0.3) is 0 Å². The lowest BCUT2D eigenvalue weighted by molar-refractivity contribution is 0.104. The molecule has 0 amide bonds. The first-order chi connectivity index (χ1) is 8.58. The molecule has 0 aromatic carbocycles. The van der Waals surface area contributed by atoms with Crippen molar-refractivity contribution in [1.29, 1.82) is 0 Å². The molecule has 0 bridgehead atoms. The molecule has 92 valence electrons. The average molecular weight is 245 g/mol. The van der Waals surface area contributed by atoms with Crippen molar-refractivity contribution in [3.8, 4) is 5.75 Å². The second kappa shape index (κ2) is 4.75. The van der Waals surface area contributed by atoms with Gasteiger partial charge in [0.15, 0.2) is 5.78 Å². The van der Waals surface area contributed by atoms with Gasteiger partial charge in [-0.25, -0.2) is 4.79 Å². The first-order valence-corrected chi connectivity index (χ1v) is 5.27. The summed E-state index contributed by atoms with van der Waals surface area (Å²) >= 11 is 0. The summed E-state index contributed by atoms with van der Waals surface area (Å²) < 4.78 is 4.77. The molecule has 0 aliphatic rings. The topological polar surface area (TPSA) is 83.3 Å². The molecule has 0 saturated carbocycles. The number of aromatic amines is 1. The predicted molar refractivity (Wildman–Crippen MR) is 65.5 cm³/mol. The highest BCUT2D eigenvalue weighted by Gasteiger charge is 2.15. The van der Waals surface area contributed by atoms with Crippen molar-refractivity contribution in [2.75, 3.05) is 0 Å². The van der Waals surface area contributed by atoms with Gasteiger partial charge >= 0.3 is 5.63 Å². The van der Waals surface area contributed by atoms with Crippen molar-refractivity contribution < 1.29 is 14.3 Å². The Kier molecular flexibility index (Phi) is 3.14. The highest BCUT2D eigenvalue weighted by Crippen LogP contribution is 2.15. The Morgan fingerprint density at radius 1 is 1.50 bits per heavy atom. The number of aryl methyl sites for hydroxylation is 1. The largest absolute Gasteiger partial charge is 0.507 e. The van der Waals surface area contributed by atoms with Gasteiger partial charge in [0.1, 0.15) is 17.1 Å². The minimum absolute atomic E-state index is 0.252. The van der Waals surface area contributed by atoms with Crippen LogP contribution in [0.15, 0.2) is 39.7 Å². The third kappa shape index (κ3) is 2.40. The van der Waals surface area contributed by atoms with Gasteiger partial charge < -0.3 is 14.5 Å². The summed E-state index contributed by atoms with van der Waals surface area (Å²) in [6.07, 6.45) is 4.43. The summed E-state index contributed by atoms with van der Waals surface area (Å²) in [5, 5.41) is 9.58. The number of allylic oxidation sites excluding steroid dienone is 1. The second-order valence-electron chi connectivity index (χ2n) is 3.73. The molecule has 0 spiro atoms. The van der Waals surface area contributed by atoms with Gasteiger partial charge in [-0.1, -0.05) is 0 Å². The molecule has 0 saturated heterocycles. The van der Waals surface area contributed by atoms with E-state index in [4.69, 9.17) is 4.42 Å². The van der Waals surface area contributed by atoms with E-state index in [0.29, 0.717) is 0 Å². The number of hydrogen-bond donors (Lipinski definition) is 2. The van der Waals surface area contributed by atoms with Crippen molar-refractivity contribution in [3.63, 3.8) is 0 Å². The molecule has 0 atom stereocenters. The van der Waals surface area contributed by atoms with Crippen LogP contribution in [0.5, 0.6) is 5.75 Å². The third-order valence-electron chi connectivity index (χ3n) is 2.34. The molecule has 5 nitrogen and oxygen atoms in total. The SMILES string of the molecule is Cc1cc(O)c(C(=O)/C=C/c2ccc[nH]2)c(=O)o1. The Morgan fingerprint density at radius 2 is 2.28 bits per heavy atom. The minimum Gasteiger partial charge on any atom is -0.507 e. The molecule has 0 unspecified atom stereocenters. The molecule has 2 aromatic heterocycles. The fraction of sp³-hybridized carbons (Fsp3) is 0.0769. The standard InChI is InChI=1S/C13H11NO4/c1-8-7-11(16)12(13(17)18-8)10(15)5-4-9-3-2-6-14-9/h2-7,14,16H,1H3/b5-4+. The molecular formula is C13H11NO4. The van der Waals surface area contributed by atoms with Gasteiger partial charge in [-0.2, -0.15) is 0 Å². The van der Waals surface area contributed by atoms with E-state index in [2.05, 4.69) is 4.98 Å². The zero-order valence-corrected chi connectivity index (χ0v) is 9.64. The van der Waals surface area contributed by atoms with Crippen molar-refractivity contribution in [3.05, 3.63) is 57.9 Å². The molecular weight excluding hydrogens is 234 g/mol. The fourth-order valence-corrected chi connectivity index (χ4v) is 1.52. The molecule has 0 aliphatic heterocycles. The normalized spacial score (nSPS) is 10.9. The van der Waals surface area contributed by atoms with Crippen molar-refractivity contribution in [2.24, 2.45) is 0 Å². The molecule has 18 heavy (non-hydrogen) atoms. The number of carbonyl (C=O) groups is 1. The number of aromatic hydroxyl groups is 1. The van der Waals surface area contributed by atoms with E-state index in [1.54, 1.807) is 18.3 Å². The van der Waals surface area contributed by atoms with Gasteiger partial charge in [0.2, 0.25) is 0 Å². The van der Waals surface area contributed by atoms with Crippen molar-refractivity contribution >= 4 is 11.9 Å². The van der Waals surface area contributed by atoms with Crippen LogP contribution >= 0.6 is 0 Å². The van der Waals surface area contributed by atoms with Crippen LogP contribution in [0.3, 0.4) is 0 Å². The van der Waals surface area contributed by atoms with E-state index in [-0.39, 0.29) is 17.1 Å². The quantitative estimate of drug-likeness (QED) is 0.638. The Morgan fingerprint density at radius 3 is 2.89 bits per heavy atom. The number of nitrogens with one attached hydrogen (secondary N) is 1. The Labute approximate surface area is 102 Å². The number of rotatable bonds is 3. The zero-order valence-electron chi connectivity index (χ0n) is 9.64. The summed E-state index contributed by atoms with van der Waals surface area (Å²) in [4.78, 5) is 26.1. The maximum atomic E-state index is 11.8. The van der Waals surface area contributed by atoms with Crippen LogP contribution in [0.25, 0.3) is 6.08 Å². The molecule has 2 aromatic rings. The predicted octanol–water partition coefficient (Wildman–Crippen LogP) is 1.88. The fourth-order valence-electron chi connectivity index (χ4n) is 1.52. The van der Waals surface area contributed by atoms with Gasteiger partial charge in [-0.05, 0) is 31.2 Å². The van der Waals surface area contributed by atoms with Crippen LogP contribution in [0.4, 0.5) is 0 Å². The van der Waals surface area contributed by atoms with Crippen molar-refractivity contribution in [1.82, 2.24) is 4.98 Å². The van der Waals surface area contributed by atoms with Crippen LogP contribution in [-0.2, 0) is 0 Å². The van der Waals surface area contributed by atoms with Crippen molar-refractivity contribution in [2.45, 2.75) is 6.92 Å². The van der Waals surface area contributed by atoms with E-state index in [0.717, 1.165) is 5.69 Å². The van der Waals surface area contributed by atoms with Gasteiger partial charge in [0, 0.05) is 18.0 Å². The van der Waals surface area contributed by atoms with Crippen LogP contribution in [0.2, 0.25) is 0 Å². The number of aromatic nitrogens is 1. The third-order valence-corrected chi connectivity index (χ3v) is 2.34. The van der Waals surface area contributed by atoms with Gasteiger partial charge in [-0.3, -0.25) is 4.79 Å². The monoisotopic (exact) mass is 245 g/mol. The van der Waals surface area contributed by atoms with Gasteiger partial charge in [-0.15, -0.1) is 0 Å². The summed E-state index contributed by atoms with van der Waals surface area (Å²) in [5.74, 6) is -0.719. The molecule has 2 rings (SSSR count). The maximum Gasteiger partial charge on any atom is 0.351 e. The second-order valence-corrected chi connectivity index (χ2v) is 3.73. The van der Waals surface area contributed by atoms with E-state index >= 15 is 0 Å². The van der Waals surface area contributed by atoms with Crippen LogP contribution in [-0.4, -0.2) is 15.9 Å². The Bertz CT molecular complexity index is 650. The number of ketones is 1. The van der Waals surface area contributed by atoms with E-state index in [1.165, 1.54) is 25.1 Å². The summed E-state index contributed by atoms with van der Waals surface area (Å²) in [6.45, 7) is 1.52. The lowest BCUT2D eigenvalue weighted by atomic mass is 10.1. The van der Waals surface area contributed by atoms with Crippen LogP contribution in [0.1, 0.15) is 21.8 Å². The average Bonchev–Trinajstić information content (AvgIpc) is 2.77. The zero-order chi connectivity index (χ0) is 13.1. The number of H-pyrrole nitrogens is 1. The van der Waals surface area contributed by atoms with Crippen LogP contribution < -0.4 is 5.63 Å². The molecule has 2 N–H and O–H groups in total. The summed E-state index contributed by atoms with van der Waals surface area (Å²) in [6, 6.07) is 4.78. The lowest BCUT2D eigenvalue weighted by Crippen LogP contribution is -2.12. The molecule has 0 aliphatic carbocycles. The number of carbonyl (C=O) groups excluding carboxylic acids is 1. The maximum absolute atomic E-state index is 11.8. The highest BCUT2D eigenvalue weighted by molar-refractivity contribution is 6.08. The minimum atomic E-state index is -0.839. The van der Waals surface area contributed by atoms with E-state index < -0.39 is 11.4 Å². The summed E-state index contributed by atoms with van der Waals surface area (Å²) in [5.41, 5.74) is -0.476. The van der Waals surface area contributed by atoms with Crippen LogP contribution in [0, 0.1) is 6.92 Å². The molecule has 0 fully saturated rings. The van der Waals surface area contributed by atoms with E-state index in [1.807, 2.05) is 0 Å². The molecule has 0 radical (unpaired) electrons. The first kappa shape index (κ1) is 11.9. The molecule has 5 heteroatoms. The van der Waals surface area contributed by atoms with E-state index in [9.17, 15) is 14.7 Å². The Balaban J connectivity index is 2.33. The highest BCUT2D eigenvalue weighted by atomic mass is 16.4. The molecule has 2 heterocycles. The lowest BCUT2D eigenvalue weighted by Gasteiger charge is -1.99. The smallest absolute Gasteiger partial charge is 0.351 e. The summed E-state index contributed by atoms with van der Waals surface area (Å²) in [7, 11) is 0. The van der Waals surface area contributed by atoms with Gasteiger partial charge in [0.05, 0.1) is 0 Å². The number of hydrogen-bond acceptors (Lipinski definition) is 4. The first-order valence-electron chi connectivity index (χ1n) is 5.27. The Hall–Kier alpha value is -2.56.